The minimum Gasteiger partial charge on any atom is -0.487 e. The summed E-state index contributed by atoms with van der Waals surface area (Å²) in [6.07, 6.45) is 4.60. The van der Waals surface area contributed by atoms with Gasteiger partial charge in [0, 0.05) is 12.5 Å². The quantitative estimate of drug-likeness (QED) is 0.827. The van der Waals surface area contributed by atoms with Crippen molar-refractivity contribution in [3.8, 4) is 5.75 Å². The van der Waals surface area contributed by atoms with Crippen LogP contribution >= 0.6 is 0 Å². The van der Waals surface area contributed by atoms with Crippen molar-refractivity contribution < 1.29 is 4.74 Å². The van der Waals surface area contributed by atoms with Gasteiger partial charge < -0.3 is 10.1 Å². The summed E-state index contributed by atoms with van der Waals surface area (Å²) in [4.78, 5) is 0. The maximum Gasteiger partial charge on any atom is 0.123 e. The smallest absolute Gasteiger partial charge is 0.123 e. The third-order valence-corrected chi connectivity index (χ3v) is 3.71. The number of benzene rings is 1. The topological polar surface area (TPSA) is 21.3 Å². The van der Waals surface area contributed by atoms with Crippen molar-refractivity contribution in [2.24, 2.45) is 0 Å². The van der Waals surface area contributed by atoms with Crippen LogP contribution in [0.1, 0.15) is 64.1 Å². The molecule has 106 valence electrons. The second kappa shape index (κ2) is 5.96. The Morgan fingerprint density at radius 1 is 1.26 bits per heavy atom. The molecule has 0 aromatic heterocycles. The summed E-state index contributed by atoms with van der Waals surface area (Å²) in [5, 5.41) is 3.66. The van der Waals surface area contributed by atoms with Gasteiger partial charge in [-0.2, -0.15) is 0 Å². The van der Waals surface area contributed by atoms with Gasteiger partial charge in [-0.3, -0.25) is 0 Å². The van der Waals surface area contributed by atoms with Crippen LogP contribution in [-0.2, 0) is 6.42 Å². The van der Waals surface area contributed by atoms with Crippen molar-refractivity contribution in [3.63, 3.8) is 0 Å². The lowest BCUT2D eigenvalue weighted by atomic mass is 9.96. The van der Waals surface area contributed by atoms with E-state index in [1.54, 1.807) is 0 Å². The minimum absolute atomic E-state index is 0.0436. The van der Waals surface area contributed by atoms with E-state index in [0.29, 0.717) is 6.04 Å². The molecular formula is C17H27NO. The molecule has 1 heterocycles. The van der Waals surface area contributed by atoms with Crippen molar-refractivity contribution in [2.75, 3.05) is 6.54 Å². The van der Waals surface area contributed by atoms with Gasteiger partial charge in [-0.15, -0.1) is 0 Å². The van der Waals surface area contributed by atoms with Crippen molar-refractivity contribution >= 4 is 0 Å². The predicted molar refractivity (Wildman–Crippen MR) is 80.8 cm³/mol. The van der Waals surface area contributed by atoms with E-state index in [2.05, 4.69) is 51.2 Å². The summed E-state index contributed by atoms with van der Waals surface area (Å²) in [5.74, 6) is 1.07. The predicted octanol–water partition coefficient (Wildman–Crippen LogP) is 4.24. The Morgan fingerprint density at radius 3 is 2.74 bits per heavy atom. The molecular weight excluding hydrogens is 234 g/mol. The van der Waals surface area contributed by atoms with Gasteiger partial charge >= 0.3 is 0 Å². The standard InChI is InChI=1S/C17H27NO/c1-5-7-15(18-10-6-2)13-8-9-16-14(11-13)12-17(3,4)19-16/h8-9,11,15,18H,5-7,10,12H2,1-4H3. The Balaban J connectivity index is 2.16. The fourth-order valence-corrected chi connectivity index (χ4v) is 2.84. The summed E-state index contributed by atoms with van der Waals surface area (Å²) in [6.45, 7) is 9.87. The number of ether oxygens (including phenoxy) is 1. The van der Waals surface area contributed by atoms with Crippen molar-refractivity contribution in [2.45, 2.75) is 65.0 Å². The summed E-state index contributed by atoms with van der Waals surface area (Å²) < 4.78 is 5.95. The molecule has 0 aliphatic carbocycles. The fourth-order valence-electron chi connectivity index (χ4n) is 2.84. The van der Waals surface area contributed by atoms with E-state index in [0.717, 1.165) is 18.7 Å². The van der Waals surface area contributed by atoms with Gasteiger partial charge in [-0.05, 0) is 50.4 Å². The van der Waals surface area contributed by atoms with Gasteiger partial charge in [0.05, 0.1) is 0 Å². The van der Waals surface area contributed by atoms with E-state index in [-0.39, 0.29) is 5.60 Å². The van der Waals surface area contributed by atoms with E-state index in [1.807, 2.05) is 0 Å². The molecule has 0 bridgehead atoms. The molecule has 2 heteroatoms. The molecule has 0 amide bonds. The molecule has 2 rings (SSSR count). The summed E-state index contributed by atoms with van der Waals surface area (Å²) in [5.41, 5.74) is 2.73. The number of fused-ring (bicyclic) bond motifs is 1. The Hall–Kier alpha value is -1.02. The second-order valence-electron chi connectivity index (χ2n) is 6.20. The molecule has 1 N–H and O–H groups in total. The van der Waals surface area contributed by atoms with Crippen LogP contribution < -0.4 is 10.1 Å². The largest absolute Gasteiger partial charge is 0.487 e. The Labute approximate surface area is 117 Å². The van der Waals surface area contributed by atoms with Gasteiger partial charge in [-0.1, -0.05) is 32.4 Å². The first kappa shape index (κ1) is 14.4. The van der Waals surface area contributed by atoms with E-state index in [1.165, 1.54) is 30.4 Å². The van der Waals surface area contributed by atoms with Crippen LogP contribution in [0.4, 0.5) is 0 Å². The Kier molecular flexibility index (Phi) is 4.51. The maximum absolute atomic E-state index is 5.95. The van der Waals surface area contributed by atoms with Crippen LogP contribution in [0.2, 0.25) is 0 Å². The van der Waals surface area contributed by atoms with Gasteiger partial charge in [-0.25, -0.2) is 0 Å². The molecule has 19 heavy (non-hydrogen) atoms. The zero-order valence-corrected chi connectivity index (χ0v) is 12.8. The van der Waals surface area contributed by atoms with E-state index in [4.69, 9.17) is 4.74 Å². The molecule has 2 nitrogen and oxygen atoms in total. The maximum atomic E-state index is 5.95. The van der Waals surface area contributed by atoms with Crippen LogP contribution in [0.25, 0.3) is 0 Å². The van der Waals surface area contributed by atoms with Crippen LogP contribution in [0, 0.1) is 0 Å². The molecule has 0 radical (unpaired) electrons. The number of hydrogen-bond donors (Lipinski definition) is 1. The lowest BCUT2D eigenvalue weighted by Crippen LogP contribution is -2.24. The normalized spacial score (nSPS) is 17.9. The molecule has 1 aliphatic heterocycles. The zero-order chi connectivity index (χ0) is 13.9. The fraction of sp³-hybridized carbons (Fsp3) is 0.647. The molecule has 1 aromatic rings. The highest BCUT2D eigenvalue weighted by Gasteiger charge is 2.30. The lowest BCUT2D eigenvalue weighted by Gasteiger charge is -2.19. The zero-order valence-electron chi connectivity index (χ0n) is 12.8. The molecule has 0 spiro atoms. The average Bonchev–Trinajstić information content (AvgIpc) is 2.67. The van der Waals surface area contributed by atoms with Crippen LogP contribution in [0.3, 0.4) is 0 Å². The van der Waals surface area contributed by atoms with E-state index < -0.39 is 0 Å². The Morgan fingerprint density at radius 2 is 2.05 bits per heavy atom. The highest BCUT2D eigenvalue weighted by atomic mass is 16.5. The monoisotopic (exact) mass is 261 g/mol. The third kappa shape index (κ3) is 3.50. The molecule has 1 aromatic carbocycles. The van der Waals surface area contributed by atoms with Crippen LogP contribution in [0.5, 0.6) is 5.75 Å². The third-order valence-electron chi connectivity index (χ3n) is 3.71. The molecule has 1 atom stereocenters. The number of nitrogens with one attached hydrogen (secondary N) is 1. The van der Waals surface area contributed by atoms with Crippen molar-refractivity contribution in [1.29, 1.82) is 0 Å². The summed E-state index contributed by atoms with van der Waals surface area (Å²) >= 11 is 0. The van der Waals surface area contributed by atoms with Gasteiger partial charge in [0.15, 0.2) is 0 Å². The summed E-state index contributed by atoms with van der Waals surface area (Å²) in [6, 6.07) is 7.20. The first-order valence-electron chi connectivity index (χ1n) is 7.61. The number of rotatable bonds is 6. The first-order chi connectivity index (χ1) is 9.05. The first-order valence-corrected chi connectivity index (χ1v) is 7.61. The van der Waals surface area contributed by atoms with Gasteiger partial charge in [0.1, 0.15) is 11.4 Å². The number of hydrogen-bond acceptors (Lipinski definition) is 2. The minimum atomic E-state index is -0.0436. The average molecular weight is 261 g/mol. The van der Waals surface area contributed by atoms with E-state index in [9.17, 15) is 0 Å². The SMILES string of the molecule is CCCNC(CCC)c1ccc2c(c1)CC(C)(C)O2. The summed E-state index contributed by atoms with van der Waals surface area (Å²) in [7, 11) is 0. The molecule has 1 aliphatic rings. The van der Waals surface area contributed by atoms with Crippen molar-refractivity contribution in [1.82, 2.24) is 5.32 Å². The highest BCUT2D eigenvalue weighted by molar-refractivity contribution is 5.42. The van der Waals surface area contributed by atoms with Crippen LogP contribution in [-0.4, -0.2) is 12.1 Å². The molecule has 1 unspecified atom stereocenters. The van der Waals surface area contributed by atoms with Crippen molar-refractivity contribution in [3.05, 3.63) is 29.3 Å². The Bertz CT molecular complexity index is 425. The van der Waals surface area contributed by atoms with E-state index >= 15 is 0 Å². The molecule has 0 saturated carbocycles. The van der Waals surface area contributed by atoms with Gasteiger partial charge in [0.25, 0.3) is 0 Å². The second-order valence-corrected chi connectivity index (χ2v) is 6.20. The molecule has 0 fully saturated rings. The lowest BCUT2D eigenvalue weighted by molar-refractivity contribution is 0.138. The molecule has 0 saturated heterocycles. The van der Waals surface area contributed by atoms with Gasteiger partial charge in [0.2, 0.25) is 0 Å². The highest BCUT2D eigenvalue weighted by Crippen LogP contribution is 2.36. The van der Waals surface area contributed by atoms with Crippen LogP contribution in [0.15, 0.2) is 18.2 Å².